The molecule has 1 aliphatic carbocycles. The second kappa shape index (κ2) is 6.53. The third-order valence-electron chi connectivity index (χ3n) is 5.68. The van der Waals surface area contributed by atoms with E-state index in [2.05, 4.69) is 31.5 Å². The van der Waals surface area contributed by atoms with E-state index in [1.165, 1.54) is 6.20 Å². The minimum absolute atomic E-state index is 0.244. The Hall–Kier alpha value is -4.46. The number of fused-ring (bicyclic) bond motifs is 4. The number of amides is 1. The van der Waals surface area contributed by atoms with Crippen LogP contribution in [0.3, 0.4) is 0 Å². The van der Waals surface area contributed by atoms with Crippen LogP contribution < -0.4 is 11.1 Å². The van der Waals surface area contributed by atoms with Gasteiger partial charge in [0, 0.05) is 11.8 Å². The Kier molecular flexibility index (Phi) is 3.66. The van der Waals surface area contributed by atoms with E-state index >= 15 is 0 Å². The van der Waals surface area contributed by atoms with Crippen LogP contribution in [0.25, 0.3) is 33.5 Å². The van der Waals surface area contributed by atoms with E-state index in [0.717, 1.165) is 44.7 Å². The van der Waals surface area contributed by atoms with Gasteiger partial charge in [-0.05, 0) is 28.3 Å². The lowest BCUT2D eigenvalue weighted by atomic mass is 9.99. The summed E-state index contributed by atoms with van der Waals surface area (Å²) >= 11 is 0. The molecule has 2 aromatic carbocycles. The summed E-state index contributed by atoms with van der Waals surface area (Å²) in [5.41, 5.74) is 13.0. The molecule has 150 valence electrons. The summed E-state index contributed by atoms with van der Waals surface area (Å²) < 4.78 is 0. The highest BCUT2D eigenvalue weighted by Gasteiger charge is 2.32. The summed E-state index contributed by atoms with van der Waals surface area (Å²) in [5, 5.41) is 9.58. The number of imidazole rings is 1. The Morgan fingerprint density at radius 2 is 1.84 bits per heavy atom. The molecule has 0 spiro atoms. The summed E-state index contributed by atoms with van der Waals surface area (Å²) in [6.45, 7) is 0. The number of H-pyrrole nitrogens is 2. The van der Waals surface area contributed by atoms with Crippen LogP contribution in [0.2, 0.25) is 0 Å². The van der Waals surface area contributed by atoms with E-state index < -0.39 is 0 Å². The van der Waals surface area contributed by atoms with Crippen LogP contribution in [0.15, 0.2) is 67.1 Å². The van der Waals surface area contributed by atoms with Crippen molar-refractivity contribution in [1.82, 2.24) is 30.5 Å². The van der Waals surface area contributed by atoms with Crippen molar-refractivity contribution in [2.45, 2.75) is 6.04 Å². The Labute approximate surface area is 176 Å². The number of rotatable bonds is 3. The molecular formula is C23H17N7O. The van der Waals surface area contributed by atoms with E-state index in [1.807, 2.05) is 42.5 Å². The number of hydrogen-bond donors (Lipinski definition) is 4. The fraction of sp³-hybridized carbons (Fsp3) is 0.0435. The number of nitrogens with one attached hydrogen (secondary N) is 3. The highest BCUT2D eigenvalue weighted by molar-refractivity contribution is 6.00. The van der Waals surface area contributed by atoms with Crippen molar-refractivity contribution in [2.75, 3.05) is 5.73 Å². The quantitative estimate of drug-likeness (QED) is 0.365. The number of carbonyl (C=O) groups excluding carboxylic acids is 1. The molecule has 0 aliphatic heterocycles. The van der Waals surface area contributed by atoms with Crippen LogP contribution in [0.4, 0.5) is 5.82 Å². The van der Waals surface area contributed by atoms with Crippen LogP contribution in [-0.2, 0) is 0 Å². The van der Waals surface area contributed by atoms with Gasteiger partial charge in [-0.15, -0.1) is 0 Å². The largest absolute Gasteiger partial charge is 0.383 e. The van der Waals surface area contributed by atoms with Gasteiger partial charge in [0.2, 0.25) is 0 Å². The van der Waals surface area contributed by atoms with E-state index in [-0.39, 0.29) is 17.8 Å². The van der Waals surface area contributed by atoms with E-state index in [9.17, 15) is 4.79 Å². The molecule has 1 amide bonds. The third-order valence-corrected chi connectivity index (χ3v) is 5.68. The number of nitrogens with two attached hydrogens (primary N) is 1. The Morgan fingerprint density at radius 3 is 2.68 bits per heavy atom. The van der Waals surface area contributed by atoms with E-state index in [0.29, 0.717) is 5.56 Å². The minimum atomic E-state index is -0.306. The molecule has 8 heteroatoms. The normalized spacial score (nSPS) is 14.4. The highest BCUT2D eigenvalue weighted by atomic mass is 16.1. The standard InChI is InChI=1S/C23H17N7O/c24-21-16(10-26-30-21)23(31)29-20-13-5-2-1-4-12(13)19-14(20)6-3-7-15(19)22-27-17-8-9-25-11-18(17)28-22/h1-11,20H,(H,27,28)(H,29,31)(H3,24,26,30). The third kappa shape index (κ3) is 2.62. The predicted octanol–water partition coefficient (Wildman–Crippen LogP) is 3.43. The molecule has 8 nitrogen and oxygen atoms in total. The van der Waals surface area contributed by atoms with Crippen molar-refractivity contribution >= 4 is 22.8 Å². The van der Waals surface area contributed by atoms with Gasteiger partial charge >= 0.3 is 0 Å². The maximum Gasteiger partial charge on any atom is 0.257 e. The first-order valence-electron chi connectivity index (χ1n) is 9.82. The molecule has 1 aliphatic rings. The molecule has 0 bridgehead atoms. The monoisotopic (exact) mass is 407 g/mol. The van der Waals surface area contributed by atoms with Crippen LogP contribution in [0.1, 0.15) is 27.5 Å². The summed E-state index contributed by atoms with van der Waals surface area (Å²) in [6, 6.07) is 15.7. The highest BCUT2D eigenvalue weighted by Crippen LogP contribution is 2.47. The minimum Gasteiger partial charge on any atom is -0.383 e. The van der Waals surface area contributed by atoms with Gasteiger partial charge in [0.1, 0.15) is 17.2 Å². The number of aromatic nitrogens is 5. The Morgan fingerprint density at radius 1 is 1.00 bits per heavy atom. The summed E-state index contributed by atoms with van der Waals surface area (Å²) in [4.78, 5) is 25.2. The number of nitrogen functional groups attached to an aromatic ring is 1. The lowest BCUT2D eigenvalue weighted by Gasteiger charge is -2.16. The van der Waals surface area contributed by atoms with Crippen molar-refractivity contribution in [3.8, 4) is 22.5 Å². The fourth-order valence-electron chi connectivity index (χ4n) is 4.28. The molecule has 1 unspecified atom stereocenters. The molecule has 3 heterocycles. The van der Waals surface area contributed by atoms with E-state index in [4.69, 9.17) is 10.7 Å². The van der Waals surface area contributed by atoms with Crippen molar-refractivity contribution in [2.24, 2.45) is 0 Å². The molecule has 0 saturated carbocycles. The van der Waals surface area contributed by atoms with Gasteiger partial charge in [-0.1, -0.05) is 42.5 Å². The topological polar surface area (TPSA) is 125 Å². The molecule has 5 aromatic rings. The average Bonchev–Trinajstić information content (AvgIpc) is 3.50. The number of hydrogen-bond acceptors (Lipinski definition) is 5. The van der Waals surface area contributed by atoms with Gasteiger partial charge in [-0.3, -0.25) is 14.9 Å². The second-order valence-electron chi connectivity index (χ2n) is 7.44. The van der Waals surface area contributed by atoms with Gasteiger partial charge in [0.05, 0.1) is 29.5 Å². The molecule has 0 radical (unpaired) electrons. The van der Waals surface area contributed by atoms with Gasteiger partial charge in [0.15, 0.2) is 0 Å². The maximum absolute atomic E-state index is 12.9. The van der Waals surface area contributed by atoms with Crippen LogP contribution in [0, 0.1) is 0 Å². The first kappa shape index (κ1) is 17.4. The zero-order valence-corrected chi connectivity index (χ0v) is 16.3. The number of pyridine rings is 1. The Bertz CT molecular complexity index is 1430. The van der Waals surface area contributed by atoms with Gasteiger partial charge < -0.3 is 16.0 Å². The van der Waals surface area contributed by atoms with Crippen LogP contribution in [-0.4, -0.2) is 31.1 Å². The molecule has 0 fully saturated rings. The molecule has 1 atom stereocenters. The predicted molar refractivity (Wildman–Crippen MR) is 117 cm³/mol. The molecule has 6 rings (SSSR count). The Balaban J connectivity index is 1.50. The zero-order chi connectivity index (χ0) is 20.9. The van der Waals surface area contributed by atoms with Crippen molar-refractivity contribution in [3.05, 3.63) is 83.8 Å². The first-order valence-corrected chi connectivity index (χ1v) is 9.82. The lowest BCUT2D eigenvalue weighted by Crippen LogP contribution is -2.28. The summed E-state index contributed by atoms with van der Waals surface area (Å²) in [5.74, 6) is 0.730. The number of aromatic amines is 2. The number of anilines is 1. The van der Waals surface area contributed by atoms with Crippen LogP contribution in [0.5, 0.6) is 0 Å². The molecule has 5 N–H and O–H groups in total. The molecular weight excluding hydrogens is 390 g/mol. The number of nitrogens with zero attached hydrogens (tertiary/aromatic N) is 3. The maximum atomic E-state index is 12.9. The average molecular weight is 407 g/mol. The van der Waals surface area contributed by atoms with Crippen LogP contribution >= 0.6 is 0 Å². The zero-order valence-electron chi connectivity index (χ0n) is 16.3. The molecule has 0 saturated heterocycles. The van der Waals surface area contributed by atoms with Gasteiger partial charge in [0.25, 0.3) is 5.91 Å². The van der Waals surface area contributed by atoms with Crippen molar-refractivity contribution in [1.29, 1.82) is 0 Å². The van der Waals surface area contributed by atoms with Gasteiger partial charge in [-0.25, -0.2) is 4.98 Å². The van der Waals surface area contributed by atoms with E-state index in [1.54, 1.807) is 12.4 Å². The molecule has 3 aromatic heterocycles. The first-order chi connectivity index (χ1) is 15.2. The van der Waals surface area contributed by atoms with Crippen molar-refractivity contribution < 1.29 is 4.79 Å². The summed E-state index contributed by atoms with van der Waals surface area (Å²) in [6.07, 6.45) is 4.93. The van der Waals surface area contributed by atoms with Crippen molar-refractivity contribution in [3.63, 3.8) is 0 Å². The SMILES string of the molecule is Nc1[nH]ncc1C(=O)NC1c2ccccc2-c2c(-c3nc4ccncc4[nH]3)cccc21. The number of carbonyl (C=O) groups is 1. The fourth-order valence-corrected chi connectivity index (χ4v) is 4.28. The molecule has 31 heavy (non-hydrogen) atoms. The second-order valence-corrected chi connectivity index (χ2v) is 7.44. The smallest absolute Gasteiger partial charge is 0.257 e. The summed E-state index contributed by atoms with van der Waals surface area (Å²) in [7, 11) is 0. The number of benzene rings is 2. The van der Waals surface area contributed by atoms with Gasteiger partial charge in [-0.2, -0.15) is 5.10 Å². The lowest BCUT2D eigenvalue weighted by molar-refractivity contribution is 0.0944.